The van der Waals surface area contributed by atoms with Gasteiger partial charge in [0.25, 0.3) is 0 Å². The van der Waals surface area contributed by atoms with Crippen LogP contribution in [0, 0.1) is 0 Å². The van der Waals surface area contributed by atoms with Crippen LogP contribution in [0.4, 0.5) is 0 Å². The summed E-state index contributed by atoms with van der Waals surface area (Å²) in [5.41, 5.74) is 0. The van der Waals surface area contributed by atoms with Crippen molar-refractivity contribution in [1.82, 2.24) is 0 Å². The second kappa shape index (κ2) is 63.8. The summed E-state index contributed by atoms with van der Waals surface area (Å²) in [4.78, 5) is 38.3. The Morgan fingerprint density at radius 1 is 0.273 bits per heavy atom. The molecule has 0 N–H and O–H groups in total. The van der Waals surface area contributed by atoms with E-state index in [0.717, 1.165) is 116 Å². The Labute approximate surface area is 474 Å². The first-order chi connectivity index (χ1) is 38.0. The number of carbonyl (C=O) groups is 3. The molecule has 0 heterocycles. The Morgan fingerprint density at radius 2 is 0.532 bits per heavy atom. The quantitative estimate of drug-likeness (QED) is 0.0261. The van der Waals surface area contributed by atoms with Crippen molar-refractivity contribution >= 4 is 17.9 Å². The Bertz CT molecular complexity index is 1700. The lowest BCUT2D eigenvalue weighted by Crippen LogP contribution is -2.30. The molecule has 0 aromatic heterocycles. The predicted octanol–water partition coefficient (Wildman–Crippen LogP) is 21.5. The number of esters is 3. The van der Waals surface area contributed by atoms with Crippen LogP contribution < -0.4 is 0 Å². The Hall–Kier alpha value is -4.71. The van der Waals surface area contributed by atoms with Crippen LogP contribution in [-0.4, -0.2) is 37.2 Å². The standard InChI is InChI=1S/C71H114O6/c1-4-7-10-13-16-19-22-25-28-31-34-35-38-41-44-47-50-53-56-59-62-65-71(74)77-68(66-75-69(72)63-60-57-54-51-48-45-42-39-36-32-29-26-23-20-17-14-11-8-5-2)67-76-70(73)64-61-58-55-52-49-46-43-40-37-33-30-27-24-21-18-15-12-9-6-3/h8-9,11-12,17-18,20-21,25-30,36-37,39-40,45-46,48-49,54,57,68H,4-7,10,13-16,19,22-24,31-35,38,41-44,47,50-53,55-56,58-67H2,1-3H3/b11-8-,12-9-,20-17-,21-18-,28-25-,29-26-,30-27-,39-36-,40-37-,48-45-,49-46-,57-54-/t68-/m1/s1. The van der Waals surface area contributed by atoms with Crippen LogP contribution in [0.2, 0.25) is 0 Å². The zero-order chi connectivity index (χ0) is 55.7. The highest BCUT2D eigenvalue weighted by Crippen LogP contribution is 2.15. The van der Waals surface area contributed by atoms with Crippen LogP contribution in [0.5, 0.6) is 0 Å². The normalized spacial score (nSPS) is 13.1. The molecule has 0 saturated carbocycles. The smallest absolute Gasteiger partial charge is 0.306 e. The third-order valence-electron chi connectivity index (χ3n) is 12.8. The lowest BCUT2D eigenvalue weighted by molar-refractivity contribution is -0.166. The summed E-state index contributed by atoms with van der Waals surface area (Å²) >= 11 is 0. The molecule has 0 saturated heterocycles. The lowest BCUT2D eigenvalue weighted by Gasteiger charge is -2.18. The summed E-state index contributed by atoms with van der Waals surface area (Å²) in [6.45, 7) is 6.32. The maximum atomic E-state index is 12.9. The minimum absolute atomic E-state index is 0.124. The van der Waals surface area contributed by atoms with Crippen molar-refractivity contribution in [3.63, 3.8) is 0 Å². The van der Waals surface area contributed by atoms with E-state index in [9.17, 15) is 14.4 Å². The molecule has 0 aliphatic carbocycles. The van der Waals surface area contributed by atoms with Gasteiger partial charge in [-0.1, -0.05) is 263 Å². The molecule has 77 heavy (non-hydrogen) atoms. The first-order valence-electron chi connectivity index (χ1n) is 31.3. The van der Waals surface area contributed by atoms with Crippen LogP contribution in [-0.2, 0) is 28.6 Å². The zero-order valence-corrected chi connectivity index (χ0v) is 49.7. The van der Waals surface area contributed by atoms with Gasteiger partial charge in [-0.25, -0.2) is 0 Å². The molecule has 0 amide bonds. The van der Waals surface area contributed by atoms with Gasteiger partial charge in [0.05, 0.1) is 0 Å². The zero-order valence-electron chi connectivity index (χ0n) is 49.7. The van der Waals surface area contributed by atoms with Crippen molar-refractivity contribution in [2.75, 3.05) is 13.2 Å². The SMILES string of the molecule is CC/C=C\C/C=C\C/C=C\C/C=C\C/C=C\C/C=C\CCC(=O)OC[C@H](COC(=O)CCCCC/C=C\C/C=C\C/C=C\C/C=C\C/C=C\CC)OC(=O)CCCCCCCCCCCCC/C=C\CCCCCCCC. The molecular weight excluding hydrogens is 949 g/mol. The van der Waals surface area contributed by atoms with Crippen molar-refractivity contribution in [2.45, 2.75) is 271 Å². The van der Waals surface area contributed by atoms with Gasteiger partial charge in [-0.15, -0.1) is 0 Å². The third kappa shape index (κ3) is 62.0. The highest BCUT2D eigenvalue weighted by atomic mass is 16.6. The maximum Gasteiger partial charge on any atom is 0.306 e. The summed E-state index contributed by atoms with van der Waals surface area (Å²) in [5, 5.41) is 0. The fourth-order valence-electron chi connectivity index (χ4n) is 8.20. The van der Waals surface area contributed by atoms with Crippen LogP contribution in [0.3, 0.4) is 0 Å². The van der Waals surface area contributed by atoms with Crippen molar-refractivity contribution in [2.24, 2.45) is 0 Å². The predicted molar refractivity (Wildman–Crippen MR) is 334 cm³/mol. The first-order valence-corrected chi connectivity index (χ1v) is 31.3. The van der Waals surface area contributed by atoms with Crippen molar-refractivity contribution in [3.05, 3.63) is 146 Å². The lowest BCUT2D eigenvalue weighted by atomic mass is 10.0. The van der Waals surface area contributed by atoms with Crippen LogP contribution >= 0.6 is 0 Å². The number of carbonyl (C=O) groups excluding carboxylic acids is 3. The van der Waals surface area contributed by atoms with Crippen molar-refractivity contribution in [3.8, 4) is 0 Å². The number of allylic oxidation sites excluding steroid dienone is 24. The second-order valence-corrected chi connectivity index (χ2v) is 20.2. The summed E-state index contributed by atoms with van der Waals surface area (Å²) in [7, 11) is 0. The summed E-state index contributed by atoms with van der Waals surface area (Å²) < 4.78 is 16.8. The van der Waals surface area contributed by atoms with Crippen molar-refractivity contribution in [1.29, 1.82) is 0 Å². The Balaban J connectivity index is 4.56. The summed E-state index contributed by atoms with van der Waals surface area (Å²) in [5.74, 6) is -1.04. The van der Waals surface area contributed by atoms with Crippen LogP contribution in [0.15, 0.2) is 146 Å². The van der Waals surface area contributed by atoms with E-state index in [1.165, 1.54) is 103 Å². The van der Waals surface area contributed by atoms with Gasteiger partial charge in [-0.05, 0) is 128 Å². The molecule has 0 rings (SSSR count). The molecule has 6 nitrogen and oxygen atoms in total. The molecule has 0 spiro atoms. The van der Waals surface area contributed by atoms with Gasteiger partial charge in [0.2, 0.25) is 0 Å². The number of ether oxygens (including phenoxy) is 3. The monoisotopic (exact) mass is 1060 g/mol. The third-order valence-corrected chi connectivity index (χ3v) is 12.8. The molecule has 0 fully saturated rings. The number of hydrogen-bond donors (Lipinski definition) is 0. The first kappa shape index (κ1) is 72.3. The van der Waals surface area contributed by atoms with Crippen LogP contribution in [0.25, 0.3) is 0 Å². The molecule has 0 unspecified atom stereocenters. The molecule has 0 radical (unpaired) electrons. The van der Waals surface area contributed by atoms with E-state index in [0.29, 0.717) is 19.3 Å². The van der Waals surface area contributed by atoms with E-state index in [1.807, 2.05) is 6.08 Å². The minimum Gasteiger partial charge on any atom is -0.462 e. The Kier molecular flexibility index (Phi) is 59.9. The topological polar surface area (TPSA) is 78.9 Å². The molecule has 0 aliphatic heterocycles. The molecular formula is C71H114O6. The molecule has 0 aliphatic rings. The van der Waals surface area contributed by atoms with E-state index in [-0.39, 0.29) is 37.5 Å². The van der Waals surface area contributed by atoms with Gasteiger partial charge in [0, 0.05) is 19.3 Å². The highest BCUT2D eigenvalue weighted by molar-refractivity contribution is 5.71. The van der Waals surface area contributed by atoms with E-state index in [4.69, 9.17) is 14.2 Å². The average molecular weight is 1060 g/mol. The molecule has 0 aromatic carbocycles. The summed E-state index contributed by atoms with van der Waals surface area (Å²) in [6.07, 6.45) is 91.4. The van der Waals surface area contributed by atoms with Gasteiger partial charge >= 0.3 is 17.9 Å². The highest BCUT2D eigenvalue weighted by Gasteiger charge is 2.19. The number of unbranched alkanes of at least 4 members (excludes halogenated alkanes) is 20. The minimum atomic E-state index is -0.831. The van der Waals surface area contributed by atoms with Gasteiger partial charge in [-0.3, -0.25) is 14.4 Å². The number of hydrogen-bond acceptors (Lipinski definition) is 6. The molecule has 1 atom stereocenters. The fraction of sp³-hybridized carbons (Fsp3) is 0.620. The van der Waals surface area contributed by atoms with Crippen molar-refractivity contribution < 1.29 is 28.6 Å². The van der Waals surface area contributed by atoms with Gasteiger partial charge < -0.3 is 14.2 Å². The van der Waals surface area contributed by atoms with E-state index < -0.39 is 6.10 Å². The summed E-state index contributed by atoms with van der Waals surface area (Å²) in [6, 6.07) is 0. The second-order valence-electron chi connectivity index (χ2n) is 20.2. The van der Waals surface area contributed by atoms with Gasteiger partial charge in [-0.2, -0.15) is 0 Å². The van der Waals surface area contributed by atoms with Crippen LogP contribution in [0.1, 0.15) is 265 Å². The largest absolute Gasteiger partial charge is 0.462 e. The average Bonchev–Trinajstić information content (AvgIpc) is 3.43. The molecule has 0 bridgehead atoms. The molecule has 434 valence electrons. The van der Waals surface area contributed by atoms with Gasteiger partial charge in [0.1, 0.15) is 13.2 Å². The maximum absolute atomic E-state index is 12.9. The molecule has 0 aromatic rings. The van der Waals surface area contributed by atoms with E-state index in [1.54, 1.807) is 0 Å². The number of rotatable bonds is 55. The Morgan fingerprint density at radius 3 is 0.896 bits per heavy atom. The molecule has 6 heteroatoms. The fourth-order valence-corrected chi connectivity index (χ4v) is 8.20. The van der Waals surface area contributed by atoms with E-state index >= 15 is 0 Å². The van der Waals surface area contributed by atoms with Gasteiger partial charge in [0.15, 0.2) is 6.10 Å². The van der Waals surface area contributed by atoms with E-state index in [2.05, 4.69) is 161 Å².